The molecule has 1 atom stereocenters. The summed E-state index contributed by atoms with van der Waals surface area (Å²) in [6.07, 6.45) is 2.73. The van der Waals surface area contributed by atoms with Crippen molar-refractivity contribution in [3.63, 3.8) is 0 Å². The number of benzene rings is 1. The summed E-state index contributed by atoms with van der Waals surface area (Å²) in [7, 11) is 0. The predicted octanol–water partition coefficient (Wildman–Crippen LogP) is 4.08. The topological polar surface area (TPSA) is 41.2 Å². The second kappa shape index (κ2) is 5.99. The average Bonchev–Trinajstić information content (AvgIpc) is 3.28. The largest absolute Gasteiger partial charge is 0.373 e. The van der Waals surface area contributed by atoms with Gasteiger partial charge in [-0.2, -0.15) is 0 Å². The van der Waals surface area contributed by atoms with Crippen molar-refractivity contribution in [2.45, 2.75) is 31.4 Å². The Bertz CT molecular complexity index is 810. The highest BCUT2D eigenvalue weighted by Gasteiger charge is 2.30. The molecular weight excluding hydrogens is 318 g/mol. The Labute approximate surface area is 145 Å². The Kier molecular flexibility index (Phi) is 3.65. The molecule has 0 radical (unpaired) electrons. The minimum atomic E-state index is 0.350. The van der Waals surface area contributed by atoms with Gasteiger partial charge in [-0.15, -0.1) is 11.3 Å². The molecule has 124 valence electrons. The first kappa shape index (κ1) is 14.6. The van der Waals surface area contributed by atoms with Crippen LogP contribution in [0.25, 0.3) is 11.0 Å². The van der Waals surface area contributed by atoms with Crippen LogP contribution < -0.4 is 0 Å². The molecule has 1 aromatic carbocycles. The Morgan fingerprint density at radius 2 is 2.12 bits per heavy atom. The van der Waals surface area contributed by atoms with E-state index in [0.717, 1.165) is 43.1 Å². The SMILES string of the molecule is c1ccc2[nH]c(C3CN(Cc4ccc(C5CCCO5)s4)C3)nc2c1. The van der Waals surface area contributed by atoms with Gasteiger partial charge < -0.3 is 9.72 Å². The fourth-order valence-electron chi connectivity index (χ4n) is 3.71. The number of aromatic amines is 1. The molecule has 5 rings (SSSR count). The van der Waals surface area contributed by atoms with Crippen LogP contribution in [0.2, 0.25) is 0 Å². The average molecular weight is 339 g/mol. The molecule has 0 bridgehead atoms. The van der Waals surface area contributed by atoms with E-state index in [0.29, 0.717) is 12.0 Å². The summed E-state index contributed by atoms with van der Waals surface area (Å²) in [4.78, 5) is 13.6. The quantitative estimate of drug-likeness (QED) is 0.779. The number of hydrogen-bond acceptors (Lipinski definition) is 4. The van der Waals surface area contributed by atoms with Crippen molar-refractivity contribution in [2.24, 2.45) is 0 Å². The van der Waals surface area contributed by atoms with Crippen LogP contribution in [0.15, 0.2) is 36.4 Å². The number of rotatable bonds is 4. The highest BCUT2D eigenvalue weighted by atomic mass is 32.1. The van der Waals surface area contributed by atoms with Gasteiger partial charge in [0, 0.05) is 41.9 Å². The van der Waals surface area contributed by atoms with Gasteiger partial charge in [-0.05, 0) is 37.1 Å². The van der Waals surface area contributed by atoms with E-state index in [1.54, 1.807) is 0 Å². The van der Waals surface area contributed by atoms with E-state index in [1.807, 2.05) is 17.4 Å². The number of fused-ring (bicyclic) bond motifs is 1. The van der Waals surface area contributed by atoms with Crippen molar-refractivity contribution >= 4 is 22.4 Å². The van der Waals surface area contributed by atoms with Crippen LogP contribution in [0.3, 0.4) is 0 Å². The van der Waals surface area contributed by atoms with Crippen molar-refractivity contribution in [3.05, 3.63) is 52.0 Å². The normalized spacial score (nSPS) is 22.2. The lowest BCUT2D eigenvalue weighted by Gasteiger charge is -2.37. The number of para-hydroxylation sites is 2. The summed E-state index contributed by atoms with van der Waals surface area (Å²) in [5.41, 5.74) is 2.22. The van der Waals surface area contributed by atoms with Gasteiger partial charge in [0.05, 0.1) is 17.1 Å². The maximum absolute atomic E-state index is 5.79. The molecule has 0 spiro atoms. The van der Waals surface area contributed by atoms with Gasteiger partial charge in [-0.25, -0.2) is 4.98 Å². The number of H-pyrrole nitrogens is 1. The number of thiophene rings is 1. The molecular formula is C19H21N3OS. The van der Waals surface area contributed by atoms with Crippen LogP contribution in [0.1, 0.15) is 40.4 Å². The summed E-state index contributed by atoms with van der Waals surface area (Å²) in [6, 6.07) is 12.8. The van der Waals surface area contributed by atoms with Crippen LogP contribution in [0.4, 0.5) is 0 Å². The fourth-order valence-corrected chi connectivity index (χ4v) is 4.85. The maximum Gasteiger partial charge on any atom is 0.112 e. The van der Waals surface area contributed by atoms with Crippen LogP contribution >= 0.6 is 11.3 Å². The Morgan fingerprint density at radius 3 is 2.96 bits per heavy atom. The van der Waals surface area contributed by atoms with E-state index in [9.17, 15) is 0 Å². The van der Waals surface area contributed by atoms with Crippen molar-refractivity contribution in [3.8, 4) is 0 Å². The smallest absolute Gasteiger partial charge is 0.112 e. The molecule has 2 aromatic heterocycles. The number of ether oxygens (including phenoxy) is 1. The van der Waals surface area contributed by atoms with Crippen LogP contribution in [-0.4, -0.2) is 34.6 Å². The molecule has 2 saturated heterocycles. The molecule has 24 heavy (non-hydrogen) atoms. The number of nitrogens with zero attached hydrogens (tertiary/aromatic N) is 2. The van der Waals surface area contributed by atoms with Crippen molar-refractivity contribution in [2.75, 3.05) is 19.7 Å². The molecule has 2 fully saturated rings. The monoisotopic (exact) mass is 339 g/mol. The van der Waals surface area contributed by atoms with Gasteiger partial charge in [0.15, 0.2) is 0 Å². The molecule has 0 aliphatic carbocycles. The Hall–Kier alpha value is -1.69. The lowest BCUT2D eigenvalue weighted by molar-refractivity contribution is 0.114. The summed E-state index contributed by atoms with van der Waals surface area (Å²) >= 11 is 1.92. The van der Waals surface area contributed by atoms with E-state index >= 15 is 0 Å². The molecule has 5 heteroatoms. The van der Waals surface area contributed by atoms with Gasteiger partial charge >= 0.3 is 0 Å². The zero-order valence-corrected chi connectivity index (χ0v) is 14.4. The first-order valence-corrected chi connectivity index (χ1v) is 9.54. The molecule has 1 N–H and O–H groups in total. The van der Waals surface area contributed by atoms with Crippen molar-refractivity contribution in [1.82, 2.24) is 14.9 Å². The molecule has 0 saturated carbocycles. The third-order valence-electron chi connectivity index (χ3n) is 5.06. The summed E-state index contributed by atoms with van der Waals surface area (Å²) in [6.45, 7) is 4.15. The first-order valence-electron chi connectivity index (χ1n) is 8.72. The van der Waals surface area contributed by atoms with E-state index in [4.69, 9.17) is 9.72 Å². The Morgan fingerprint density at radius 1 is 1.21 bits per heavy atom. The first-order chi connectivity index (χ1) is 11.8. The number of hydrogen-bond donors (Lipinski definition) is 1. The second-order valence-electron chi connectivity index (χ2n) is 6.84. The number of imidazole rings is 1. The zero-order chi connectivity index (χ0) is 15.9. The van der Waals surface area contributed by atoms with Crippen LogP contribution in [0, 0.1) is 0 Å². The molecule has 1 unspecified atom stereocenters. The van der Waals surface area contributed by atoms with Gasteiger partial charge in [0.25, 0.3) is 0 Å². The molecule has 2 aliphatic heterocycles. The third kappa shape index (κ3) is 2.66. The van der Waals surface area contributed by atoms with E-state index in [1.165, 1.54) is 22.6 Å². The van der Waals surface area contributed by atoms with E-state index < -0.39 is 0 Å². The number of aromatic nitrogens is 2. The zero-order valence-electron chi connectivity index (χ0n) is 13.6. The predicted molar refractivity (Wildman–Crippen MR) is 96.4 cm³/mol. The van der Waals surface area contributed by atoms with E-state index in [-0.39, 0.29) is 0 Å². The van der Waals surface area contributed by atoms with Crippen LogP contribution in [0.5, 0.6) is 0 Å². The van der Waals surface area contributed by atoms with Crippen molar-refractivity contribution in [1.29, 1.82) is 0 Å². The molecule has 3 aromatic rings. The second-order valence-corrected chi connectivity index (χ2v) is 8.04. The minimum Gasteiger partial charge on any atom is -0.373 e. The summed E-state index contributed by atoms with van der Waals surface area (Å²) in [5.74, 6) is 1.67. The minimum absolute atomic E-state index is 0.350. The van der Waals surface area contributed by atoms with Crippen LogP contribution in [-0.2, 0) is 11.3 Å². The molecule has 4 nitrogen and oxygen atoms in total. The van der Waals surface area contributed by atoms with Gasteiger partial charge in [0.1, 0.15) is 5.82 Å². The summed E-state index contributed by atoms with van der Waals surface area (Å²) < 4.78 is 5.79. The molecule has 4 heterocycles. The highest BCUT2D eigenvalue weighted by Crippen LogP contribution is 2.35. The lowest BCUT2D eigenvalue weighted by Crippen LogP contribution is -2.44. The molecule has 2 aliphatic rings. The summed E-state index contributed by atoms with van der Waals surface area (Å²) in [5, 5.41) is 0. The number of nitrogens with one attached hydrogen (secondary N) is 1. The van der Waals surface area contributed by atoms with Gasteiger partial charge in [-0.3, -0.25) is 4.90 Å². The standard InChI is InChI=1S/C19H21N3OS/c1-2-5-16-15(4-1)20-19(21-16)13-10-22(11-13)12-14-7-8-18(24-14)17-6-3-9-23-17/h1-2,4-5,7-8,13,17H,3,6,9-12H2,(H,20,21). The Balaban J connectivity index is 1.20. The van der Waals surface area contributed by atoms with Gasteiger partial charge in [0.2, 0.25) is 0 Å². The lowest BCUT2D eigenvalue weighted by atomic mass is 9.99. The maximum atomic E-state index is 5.79. The van der Waals surface area contributed by atoms with E-state index in [2.05, 4.69) is 40.2 Å². The van der Waals surface area contributed by atoms with Gasteiger partial charge in [-0.1, -0.05) is 12.1 Å². The van der Waals surface area contributed by atoms with Crippen molar-refractivity contribution < 1.29 is 4.74 Å². The number of likely N-dealkylation sites (tertiary alicyclic amines) is 1. The molecule has 0 amide bonds. The fraction of sp³-hybridized carbons (Fsp3) is 0.421. The third-order valence-corrected chi connectivity index (χ3v) is 6.22. The highest BCUT2D eigenvalue weighted by molar-refractivity contribution is 7.12.